The number of hydrogen-bond acceptors (Lipinski definition) is 4. The van der Waals surface area contributed by atoms with Crippen molar-refractivity contribution in [3.05, 3.63) is 29.5 Å². The van der Waals surface area contributed by atoms with E-state index in [1.54, 1.807) is 0 Å². The van der Waals surface area contributed by atoms with Crippen molar-refractivity contribution in [2.45, 2.75) is 12.8 Å². The lowest BCUT2D eigenvalue weighted by molar-refractivity contribution is 0.581. The van der Waals surface area contributed by atoms with Gasteiger partial charge < -0.3 is 22.2 Å². The number of anilines is 2. The van der Waals surface area contributed by atoms with Gasteiger partial charge in [0, 0.05) is 24.5 Å². The fraction of sp³-hybridized carbons (Fsp3) is 0.308. The fourth-order valence-corrected chi connectivity index (χ4v) is 1.76. The Morgan fingerprint density at radius 2 is 2.11 bits per heavy atom. The molecule has 1 aliphatic rings. The molecule has 0 heterocycles. The van der Waals surface area contributed by atoms with Gasteiger partial charge in [-0.1, -0.05) is 0 Å². The monoisotopic (exact) mass is 266 g/mol. The summed E-state index contributed by atoms with van der Waals surface area (Å²) >= 11 is 0. The maximum Gasteiger partial charge on any atom is 0.159 e. The highest BCUT2D eigenvalue weighted by Gasteiger charge is 2.21. The molecule has 1 aromatic rings. The molecule has 1 fully saturated rings. The Morgan fingerprint density at radius 3 is 2.68 bits per heavy atom. The Hall–Kier alpha value is -2.11. The summed E-state index contributed by atoms with van der Waals surface area (Å²) in [5, 5.41) is 10.2. The summed E-state index contributed by atoms with van der Waals surface area (Å²) in [7, 11) is 0. The normalized spacial score (nSPS) is 15.4. The molecule has 4 nitrogen and oxygen atoms in total. The average Bonchev–Trinajstić information content (AvgIpc) is 3.18. The largest absolute Gasteiger partial charge is 0.397 e. The quantitative estimate of drug-likeness (QED) is 0.486. The fourth-order valence-electron chi connectivity index (χ4n) is 1.76. The van der Waals surface area contributed by atoms with Crippen LogP contribution in [0.25, 0.3) is 5.57 Å². The Balaban J connectivity index is 2.31. The van der Waals surface area contributed by atoms with Crippen molar-refractivity contribution >= 4 is 23.2 Å². The highest BCUT2D eigenvalue weighted by molar-refractivity contribution is 6.09. The van der Waals surface area contributed by atoms with Gasteiger partial charge in [0.2, 0.25) is 0 Å². The lowest BCUT2D eigenvalue weighted by Gasteiger charge is -2.10. The molecular weight excluding hydrogens is 250 g/mol. The van der Waals surface area contributed by atoms with Crippen LogP contribution in [0.4, 0.5) is 20.2 Å². The molecule has 0 atom stereocenters. The van der Waals surface area contributed by atoms with Crippen LogP contribution in [0, 0.1) is 23.0 Å². The van der Waals surface area contributed by atoms with Gasteiger partial charge in [-0.25, -0.2) is 8.78 Å². The molecule has 0 spiro atoms. The number of allylic oxidation sites excluding steroid dienone is 1. The first-order chi connectivity index (χ1) is 9.04. The molecule has 0 amide bonds. The van der Waals surface area contributed by atoms with E-state index in [1.807, 2.05) is 0 Å². The average molecular weight is 266 g/mol. The number of rotatable bonds is 5. The van der Waals surface area contributed by atoms with Crippen LogP contribution in [0.2, 0.25) is 0 Å². The van der Waals surface area contributed by atoms with Crippen LogP contribution in [0.5, 0.6) is 0 Å². The van der Waals surface area contributed by atoms with E-state index in [0.29, 0.717) is 5.92 Å². The van der Waals surface area contributed by atoms with E-state index in [-0.39, 0.29) is 22.5 Å². The zero-order chi connectivity index (χ0) is 14.0. The smallest absolute Gasteiger partial charge is 0.159 e. The molecule has 19 heavy (non-hydrogen) atoms. The van der Waals surface area contributed by atoms with Crippen LogP contribution in [0.3, 0.4) is 0 Å². The van der Waals surface area contributed by atoms with Gasteiger partial charge in [-0.3, -0.25) is 0 Å². The molecule has 2 rings (SSSR count). The Bertz CT molecular complexity index is 536. The molecule has 0 saturated heterocycles. The lowest BCUT2D eigenvalue weighted by Crippen LogP contribution is -2.11. The van der Waals surface area contributed by atoms with Crippen LogP contribution in [0.1, 0.15) is 18.4 Å². The Labute approximate surface area is 110 Å². The third kappa shape index (κ3) is 2.83. The minimum atomic E-state index is -0.930. The second-order valence-corrected chi connectivity index (χ2v) is 4.65. The van der Waals surface area contributed by atoms with E-state index in [2.05, 4.69) is 5.32 Å². The molecule has 0 radical (unpaired) electrons. The van der Waals surface area contributed by atoms with Crippen LogP contribution in [-0.2, 0) is 0 Å². The lowest BCUT2D eigenvalue weighted by atomic mass is 10.0. The Kier molecular flexibility index (Phi) is 3.69. The van der Waals surface area contributed by atoms with Crippen molar-refractivity contribution in [2.75, 3.05) is 18.0 Å². The number of benzene rings is 1. The molecule has 1 aromatic carbocycles. The molecule has 1 aliphatic carbocycles. The zero-order valence-electron chi connectivity index (χ0n) is 10.3. The second kappa shape index (κ2) is 5.26. The number of nitrogens with two attached hydrogens (primary N) is 2. The van der Waals surface area contributed by atoms with E-state index >= 15 is 0 Å². The summed E-state index contributed by atoms with van der Waals surface area (Å²) in [6.07, 6.45) is 4.65. The van der Waals surface area contributed by atoms with Crippen molar-refractivity contribution in [3.63, 3.8) is 0 Å². The predicted octanol–water partition coefficient (Wildman–Crippen LogP) is 2.12. The standard InChI is InChI=1S/C13H16F2N4/c14-9-3-10(17)13(18)12(15)11(9)8(4-16)6-19-5-7-1-2-7/h3-4,6-7,16,19H,1-2,5,17-18H2/b8-6+,16-4?. The van der Waals surface area contributed by atoms with Crippen molar-refractivity contribution in [3.8, 4) is 0 Å². The summed E-state index contributed by atoms with van der Waals surface area (Å²) in [5.74, 6) is -1.14. The topological polar surface area (TPSA) is 87.9 Å². The molecule has 6 N–H and O–H groups in total. The van der Waals surface area contributed by atoms with Crippen LogP contribution in [-0.4, -0.2) is 12.8 Å². The predicted molar refractivity (Wildman–Crippen MR) is 72.7 cm³/mol. The van der Waals surface area contributed by atoms with Gasteiger partial charge in [0.1, 0.15) is 5.82 Å². The Morgan fingerprint density at radius 1 is 1.42 bits per heavy atom. The summed E-state index contributed by atoms with van der Waals surface area (Å²) in [6, 6.07) is 0.964. The highest BCUT2D eigenvalue weighted by Crippen LogP contribution is 2.30. The van der Waals surface area contributed by atoms with Gasteiger partial charge in [0.25, 0.3) is 0 Å². The van der Waals surface area contributed by atoms with Gasteiger partial charge in [-0.05, 0) is 24.8 Å². The van der Waals surface area contributed by atoms with Crippen LogP contribution < -0.4 is 16.8 Å². The maximum absolute atomic E-state index is 13.9. The van der Waals surface area contributed by atoms with Crippen LogP contribution >= 0.6 is 0 Å². The molecule has 0 unspecified atom stereocenters. The summed E-state index contributed by atoms with van der Waals surface area (Å²) in [4.78, 5) is 0. The zero-order valence-corrected chi connectivity index (χ0v) is 10.3. The SMILES string of the molecule is N=C/C(=C\NCC1CC1)c1c(F)cc(N)c(N)c1F. The van der Waals surface area contributed by atoms with E-state index in [0.717, 1.165) is 31.7 Å². The summed E-state index contributed by atoms with van der Waals surface area (Å²) in [6.45, 7) is 0.741. The van der Waals surface area contributed by atoms with Crippen molar-refractivity contribution in [1.82, 2.24) is 5.32 Å². The highest BCUT2D eigenvalue weighted by atomic mass is 19.1. The molecule has 1 saturated carbocycles. The molecule has 102 valence electrons. The first-order valence-electron chi connectivity index (χ1n) is 6.02. The third-order valence-corrected chi connectivity index (χ3v) is 3.09. The van der Waals surface area contributed by atoms with E-state index in [9.17, 15) is 8.78 Å². The van der Waals surface area contributed by atoms with Gasteiger partial charge in [-0.2, -0.15) is 0 Å². The first kappa shape index (κ1) is 13.3. The van der Waals surface area contributed by atoms with Gasteiger partial charge in [-0.15, -0.1) is 0 Å². The summed E-state index contributed by atoms with van der Waals surface area (Å²) < 4.78 is 27.7. The first-order valence-corrected chi connectivity index (χ1v) is 6.02. The molecular formula is C13H16F2N4. The summed E-state index contributed by atoms with van der Waals surface area (Å²) in [5.41, 5.74) is 10.2. The van der Waals surface area contributed by atoms with Crippen molar-refractivity contribution in [1.29, 1.82) is 5.41 Å². The van der Waals surface area contributed by atoms with Gasteiger partial charge in [0.05, 0.1) is 16.9 Å². The number of nitrogens with one attached hydrogen (secondary N) is 2. The van der Waals surface area contributed by atoms with Crippen molar-refractivity contribution < 1.29 is 8.78 Å². The van der Waals surface area contributed by atoms with E-state index in [4.69, 9.17) is 16.9 Å². The molecule has 6 heteroatoms. The molecule has 0 bridgehead atoms. The van der Waals surface area contributed by atoms with Gasteiger partial charge in [0.15, 0.2) is 5.82 Å². The number of nitrogen functional groups attached to an aromatic ring is 2. The molecule has 0 aromatic heterocycles. The second-order valence-electron chi connectivity index (χ2n) is 4.65. The third-order valence-electron chi connectivity index (χ3n) is 3.09. The molecule has 0 aliphatic heterocycles. The number of halogens is 2. The van der Waals surface area contributed by atoms with Crippen LogP contribution in [0.15, 0.2) is 12.3 Å². The van der Waals surface area contributed by atoms with E-state index in [1.165, 1.54) is 6.20 Å². The van der Waals surface area contributed by atoms with Crippen molar-refractivity contribution in [2.24, 2.45) is 5.92 Å². The minimum Gasteiger partial charge on any atom is -0.397 e. The minimum absolute atomic E-state index is 0.0994. The van der Waals surface area contributed by atoms with E-state index < -0.39 is 11.6 Å². The maximum atomic E-state index is 13.9. The van der Waals surface area contributed by atoms with Gasteiger partial charge >= 0.3 is 0 Å². The number of hydrogen-bond donors (Lipinski definition) is 4.